The number of likely N-dealkylation sites (N-methyl/N-ethyl adjacent to an activating group) is 1. The normalized spacial score (nSPS) is 16.5. The molecule has 0 radical (unpaired) electrons. The lowest BCUT2D eigenvalue weighted by molar-refractivity contribution is -0.142. The molecule has 1 unspecified atom stereocenters. The molecule has 6 nitrogen and oxygen atoms in total. The Bertz CT molecular complexity index is 612. The Labute approximate surface area is 155 Å². The fraction of sp³-hybridized carbons (Fsp3) is 0.600. The average molecular weight is 362 g/mol. The Morgan fingerprint density at radius 1 is 1.27 bits per heavy atom. The second-order valence-electron chi connectivity index (χ2n) is 6.79. The summed E-state index contributed by atoms with van der Waals surface area (Å²) >= 11 is 0. The molecule has 1 aromatic rings. The molecule has 0 aromatic heterocycles. The summed E-state index contributed by atoms with van der Waals surface area (Å²) in [6.45, 7) is 7.96. The average Bonchev–Trinajstić information content (AvgIpc) is 2.65. The van der Waals surface area contributed by atoms with E-state index in [2.05, 4.69) is 0 Å². The van der Waals surface area contributed by atoms with E-state index in [1.807, 2.05) is 54.8 Å². The van der Waals surface area contributed by atoms with Gasteiger partial charge in [-0.3, -0.25) is 14.5 Å². The van der Waals surface area contributed by atoms with E-state index in [1.54, 1.807) is 0 Å². The Balaban J connectivity index is 1.93. The van der Waals surface area contributed by atoms with Gasteiger partial charge in [0.05, 0.1) is 6.54 Å². The molecule has 1 aliphatic rings. The van der Waals surface area contributed by atoms with Gasteiger partial charge in [0.2, 0.25) is 0 Å². The predicted octanol–water partition coefficient (Wildman–Crippen LogP) is 2.55. The standard InChI is InChI=1S/C20H30N2O4/c1-4-17(26-18-9-7-6-8-15(18)3)20(25)22-12-10-16(11-13-22)21(5-2)14-19(23)24/h6-9,16-17H,4-5,10-14H2,1-3H3,(H,23,24). The van der Waals surface area contributed by atoms with Crippen LogP contribution in [0.25, 0.3) is 0 Å². The third kappa shape index (κ3) is 5.21. The number of rotatable bonds is 8. The largest absolute Gasteiger partial charge is 0.480 e. The van der Waals surface area contributed by atoms with E-state index in [0.717, 1.165) is 24.2 Å². The van der Waals surface area contributed by atoms with E-state index in [1.165, 1.54) is 0 Å². The van der Waals surface area contributed by atoms with Crippen LogP contribution in [0.4, 0.5) is 0 Å². The predicted molar refractivity (Wildman–Crippen MR) is 100 cm³/mol. The van der Waals surface area contributed by atoms with Gasteiger partial charge in [0.1, 0.15) is 5.75 Å². The number of hydrogen-bond acceptors (Lipinski definition) is 4. The van der Waals surface area contributed by atoms with Crippen LogP contribution in [0.5, 0.6) is 5.75 Å². The van der Waals surface area contributed by atoms with Crippen LogP contribution in [-0.4, -0.2) is 65.1 Å². The molecule has 2 rings (SSSR count). The summed E-state index contributed by atoms with van der Waals surface area (Å²) in [5.41, 5.74) is 1.02. The number of hydrogen-bond donors (Lipinski definition) is 1. The SMILES string of the molecule is CCC(Oc1ccccc1C)C(=O)N1CCC(N(CC)CC(=O)O)CC1. The molecule has 1 heterocycles. The first kappa shape index (κ1) is 20.2. The van der Waals surface area contributed by atoms with Crippen LogP contribution in [0.3, 0.4) is 0 Å². The number of carbonyl (C=O) groups is 2. The van der Waals surface area contributed by atoms with Crippen molar-refractivity contribution >= 4 is 11.9 Å². The minimum atomic E-state index is -0.803. The number of amides is 1. The zero-order valence-corrected chi connectivity index (χ0v) is 16.0. The van der Waals surface area contributed by atoms with Crippen LogP contribution in [0.15, 0.2) is 24.3 Å². The number of nitrogens with zero attached hydrogens (tertiary/aromatic N) is 2. The minimum absolute atomic E-state index is 0.0236. The fourth-order valence-corrected chi connectivity index (χ4v) is 3.48. The van der Waals surface area contributed by atoms with Crippen molar-refractivity contribution in [2.75, 3.05) is 26.2 Å². The van der Waals surface area contributed by atoms with E-state index in [4.69, 9.17) is 9.84 Å². The lowest BCUT2D eigenvalue weighted by atomic mass is 10.0. The summed E-state index contributed by atoms with van der Waals surface area (Å²) in [6, 6.07) is 7.94. The Morgan fingerprint density at radius 2 is 1.92 bits per heavy atom. The van der Waals surface area contributed by atoms with Gasteiger partial charge >= 0.3 is 5.97 Å². The van der Waals surface area contributed by atoms with Crippen molar-refractivity contribution in [3.63, 3.8) is 0 Å². The molecule has 0 saturated carbocycles. The minimum Gasteiger partial charge on any atom is -0.480 e. The second kappa shape index (κ2) is 9.57. The number of piperidine rings is 1. The van der Waals surface area contributed by atoms with Gasteiger partial charge in [-0.05, 0) is 44.4 Å². The van der Waals surface area contributed by atoms with E-state index in [9.17, 15) is 9.59 Å². The fourth-order valence-electron chi connectivity index (χ4n) is 3.48. The smallest absolute Gasteiger partial charge is 0.317 e. The first-order valence-electron chi connectivity index (χ1n) is 9.43. The van der Waals surface area contributed by atoms with Gasteiger partial charge in [0.25, 0.3) is 5.91 Å². The maximum absolute atomic E-state index is 12.9. The zero-order chi connectivity index (χ0) is 19.1. The number of carboxylic acid groups (broad SMARTS) is 1. The maximum Gasteiger partial charge on any atom is 0.317 e. The topological polar surface area (TPSA) is 70.1 Å². The van der Waals surface area contributed by atoms with E-state index in [-0.39, 0.29) is 18.5 Å². The van der Waals surface area contributed by atoms with Crippen molar-refractivity contribution in [1.82, 2.24) is 9.80 Å². The van der Waals surface area contributed by atoms with Gasteiger partial charge in [-0.25, -0.2) is 0 Å². The van der Waals surface area contributed by atoms with Crippen molar-refractivity contribution in [2.45, 2.75) is 52.2 Å². The molecule has 1 aromatic carbocycles. The number of carboxylic acids is 1. The molecule has 1 saturated heterocycles. The Kier molecular flexibility index (Phi) is 7.45. The number of ether oxygens (including phenoxy) is 1. The summed E-state index contributed by atoms with van der Waals surface area (Å²) in [5.74, 6) is -0.0280. The van der Waals surface area contributed by atoms with Crippen LogP contribution in [0.1, 0.15) is 38.7 Å². The second-order valence-corrected chi connectivity index (χ2v) is 6.79. The van der Waals surface area contributed by atoms with Gasteiger partial charge in [0, 0.05) is 19.1 Å². The number of para-hydroxylation sites is 1. The van der Waals surface area contributed by atoms with Crippen LogP contribution >= 0.6 is 0 Å². The highest BCUT2D eigenvalue weighted by Crippen LogP contribution is 2.22. The molecule has 0 bridgehead atoms. The molecule has 1 amide bonds. The molecular weight excluding hydrogens is 332 g/mol. The monoisotopic (exact) mass is 362 g/mol. The molecule has 1 atom stereocenters. The first-order valence-corrected chi connectivity index (χ1v) is 9.43. The number of carbonyl (C=O) groups excluding carboxylic acids is 1. The number of likely N-dealkylation sites (tertiary alicyclic amines) is 1. The summed E-state index contributed by atoms with van der Waals surface area (Å²) in [4.78, 5) is 27.7. The van der Waals surface area contributed by atoms with Gasteiger partial charge in [-0.2, -0.15) is 0 Å². The van der Waals surface area contributed by atoms with E-state index in [0.29, 0.717) is 26.1 Å². The highest BCUT2D eigenvalue weighted by molar-refractivity contribution is 5.81. The highest BCUT2D eigenvalue weighted by atomic mass is 16.5. The number of aryl methyl sites for hydroxylation is 1. The molecule has 0 aliphatic carbocycles. The Hall–Kier alpha value is -2.08. The number of benzene rings is 1. The lowest BCUT2D eigenvalue weighted by Gasteiger charge is -2.38. The molecule has 1 N–H and O–H groups in total. The van der Waals surface area contributed by atoms with Gasteiger partial charge in [0.15, 0.2) is 6.10 Å². The van der Waals surface area contributed by atoms with Crippen LogP contribution < -0.4 is 4.74 Å². The molecule has 1 fully saturated rings. The third-order valence-electron chi connectivity index (χ3n) is 5.05. The quantitative estimate of drug-likeness (QED) is 0.770. The molecule has 1 aliphatic heterocycles. The number of aliphatic carboxylic acids is 1. The summed E-state index contributed by atoms with van der Waals surface area (Å²) < 4.78 is 5.98. The van der Waals surface area contributed by atoms with Gasteiger partial charge < -0.3 is 14.7 Å². The molecule has 6 heteroatoms. The van der Waals surface area contributed by atoms with Crippen molar-refractivity contribution in [3.05, 3.63) is 29.8 Å². The maximum atomic E-state index is 12.9. The van der Waals surface area contributed by atoms with Crippen LogP contribution in [0, 0.1) is 6.92 Å². The highest BCUT2D eigenvalue weighted by Gasteiger charge is 2.31. The van der Waals surface area contributed by atoms with Gasteiger partial charge in [-0.1, -0.05) is 32.0 Å². The lowest BCUT2D eigenvalue weighted by Crippen LogP contribution is -2.51. The molecule has 0 spiro atoms. The zero-order valence-electron chi connectivity index (χ0n) is 16.0. The first-order chi connectivity index (χ1) is 12.5. The van der Waals surface area contributed by atoms with Crippen LogP contribution in [-0.2, 0) is 9.59 Å². The van der Waals surface area contributed by atoms with Crippen LogP contribution in [0.2, 0.25) is 0 Å². The van der Waals surface area contributed by atoms with Crippen molar-refractivity contribution in [2.24, 2.45) is 0 Å². The van der Waals surface area contributed by atoms with E-state index < -0.39 is 12.1 Å². The van der Waals surface area contributed by atoms with Crippen molar-refractivity contribution in [1.29, 1.82) is 0 Å². The molecule has 26 heavy (non-hydrogen) atoms. The summed E-state index contributed by atoms with van der Waals surface area (Å²) in [7, 11) is 0. The Morgan fingerprint density at radius 3 is 2.46 bits per heavy atom. The summed E-state index contributed by atoms with van der Waals surface area (Å²) in [5, 5.41) is 9.03. The summed E-state index contributed by atoms with van der Waals surface area (Å²) in [6.07, 6.45) is 1.74. The van der Waals surface area contributed by atoms with Crippen molar-refractivity contribution in [3.8, 4) is 5.75 Å². The van der Waals surface area contributed by atoms with Crippen molar-refractivity contribution < 1.29 is 19.4 Å². The van der Waals surface area contributed by atoms with Gasteiger partial charge in [-0.15, -0.1) is 0 Å². The molecular formula is C20H30N2O4. The van der Waals surface area contributed by atoms with E-state index >= 15 is 0 Å². The third-order valence-corrected chi connectivity index (χ3v) is 5.05. The molecule has 144 valence electrons.